The molecule has 1 fully saturated rings. The van der Waals surface area contributed by atoms with Crippen molar-refractivity contribution in [2.24, 2.45) is 5.92 Å². The predicted octanol–water partition coefficient (Wildman–Crippen LogP) is 3.64. The fourth-order valence-corrected chi connectivity index (χ4v) is 3.51. The van der Waals surface area contributed by atoms with Gasteiger partial charge in [-0.05, 0) is 52.8 Å². The molecule has 3 heteroatoms. The van der Waals surface area contributed by atoms with Crippen LogP contribution in [0.25, 0.3) is 0 Å². The lowest BCUT2D eigenvalue weighted by molar-refractivity contribution is -0.0788. The summed E-state index contributed by atoms with van der Waals surface area (Å²) in [7, 11) is 0. The van der Waals surface area contributed by atoms with E-state index in [2.05, 4.69) is 39.9 Å². The molecule has 0 aliphatic carbocycles. The molecule has 0 aromatic heterocycles. The van der Waals surface area contributed by atoms with Crippen molar-refractivity contribution in [3.05, 3.63) is 30.3 Å². The molecule has 1 aromatic carbocycles. The zero-order chi connectivity index (χ0) is 15.5. The van der Waals surface area contributed by atoms with Gasteiger partial charge >= 0.3 is 0 Å². The molecule has 1 aliphatic rings. The zero-order valence-electron chi connectivity index (χ0n) is 14.0. The molecule has 0 amide bonds. The average Bonchev–Trinajstić information content (AvgIpc) is 2.63. The summed E-state index contributed by atoms with van der Waals surface area (Å²) in [5, 5.41) is 3.58. The minimum Gasteiger partial charge on any atom is -0.492 e. The van der Waals surface area contributed by atoms with Gasteiger partial charge in [0.15, 0.2) is 0 Å². The summed E-state index contributed by atoms with van der Waals surface area (Å²) in [5.41, 5.74) is -0.190. The number of rotatable bonds is 6. The first-order valence-electron chi connectivity index (χ1n) is 7.95. The van der Waals surface area contributed by atoms with Crippen molar-refractivity contribution >= 4 is 0 Å². The molecule has 1 aromatic rings. The number of para-hydroxylation sites is 1. The van der Waals surface area contributed by atoms with Crippen LogP contribution in [0.4, 0.5) is 0 Å². The lowest BCUT2D eigenvalue weighted by Crippen LogP contribution is -2.47. The molecule has 1 aliphatic heterocycles. The van der Waals surface area contributed by atoms with Crippen LogP contribution < -0.4 is 10.1 Å². The molecule has 2 unspecified atom stereocenters. The fourth-order valence-electron chi connectivity index (χ4n) is 3.51. The van der Waals surface area contributed by atoms with Gasteiger partial charge in [-0.3, -0.25) is 0 Å². The highest BCUT2D eigenvalue weighted by Gasteiger charge is 2.49. The molecule has 118 valence electrons. The normalized spacial score (nSPS) is 24.7. The van der Waals surface area contributed by atoms with Gasteiger partial charge in [-0.25, -0.2) is 0 Å². The van der Waals surface area contributed by atoms with Crippen LogP contribution in [0.15, 0.2) is 30.3 Å². The summed E-state index contributed by atoms with van der Waals surface area (Å²) >= 11 is 0. The molecule has 2 atom stereocenters. The van der Waals surface area contributed by atoms with Crippen LogP contribution in [0.1, 0.15) is 41.0 Å². The van der Waals surface area contributed by atoms with Gasteiger partial charge in [-0.15, -0.1) is 0 Å². The Labute approximate surface area is 129 Å². The van der Waals surface area contributed by atoms with Crippen LogP contribution in [-0.4, -0.2) is 30.4 Å². The number of nitrogens with one attached hydrogen (secondary N) is 1. The van der Waals surface area contributed by atoms with Crippen LogP contribution in [0, 0.1) is 5.92 Å². The Bertz CT molecular complexity index is 442. The third-order valence-electron chi connectivity index (χ3n) is 4.27. The highest BCUT2D eigenvalue weighted by Crippen LogP contribution is 2.43. The third-order valence-corrected chi connectivity index (χ3v) is 4.27. The molecule has 1 N–H and O–H groups in total. The molecular formula is C18H29NO2. The maximum Gasteiger partial charge on any atom is 0.119 e. The van der Waals surface area contributed by atoms with Gasteiger partial charge in [0.1, 0.15) is 12.4 Å². The largest absolute Gasteiger partial charge is 0.492 e. The van der Waals surface area contributed by atoms with Gasteiger partial charge in [0.2, 0.25) is 0 Å². The highest BCUT2D eigenvalue weighted by atomic mass is 16.5. The molecule has 1 saturated heterocycles. The van der Waals surface area contributed by atoms with E-state index in [4.69, 9.17) is 9.47 Å². The van der Waals surface area contributed by atoms with Crippen LogP contribution in [0.2, 0.25) is 0 Å². The summed E-state index contributed by atoms with van der Waals surface area (Å²) < 4.78 is 12.2. The smallest absolute Gasteiger partial charge is 0.119 e. The number of hydrogen-bond donors (Lipinski definition) is 1. The Morgan fingerprint density at radius 3 is 2.43 bits per heavy atom. The third kappa shape index (κ3) is 4.21. The summed E-state index contributed by atoms with van der Waals surface area (Å²) in [6.07, 6.45) is 1.05. The lowest BCUT2D eigenvalue weighted by Gasteiger charge is -2.33. The molecule has 3 nitrogen and oxygen atoms in total. The number of ether oxygens (including phenoxy) is 2. The Morgan fingerprint density at radius 1 is 1.24 bits per heavy atom. The average molecular weight is 291 g/mol. The van der Waals surface area contributed by atoms with Crippen LogP contribution >= 0.6 is 0 Å². The zero-order valence-corrected chi connectivity index (χ0v) is 14.0. The molecule has 0 saturated carbocycles. The molecule has 1 heterocycles. The summed E-state index contributed by atoms with van der Waals surface area (Å²) in [4.78, 5) is 0. The van der Waals surface area contributed by atoms with Gasteiger partial charge in [0, 0.05) is 12.0 Å². The number of benzene rings is 1. The second kappa shape index (κ2) is 6.37. The number of hydrogen-bond acceptors (Lipinski definition) is 3. The molecule has 0 radical (unpaired) electrons. The van der Waals surface area contributed by atoms with E-state index in [0.29, 0.717) is 18.6 Å². The first kappa shape index (κ1) is 16.3. The molecular weight excluding hydrogens is 262 g/mol. The minimum absolute atomic E-state index is 0.0609. The number of likely N-dealkylation sites (N-methyl/N-ethyl adjacent to an activating group) is 1. The first-order valence-corrected chi connectivity index (χ1v) is 7.95. The quantitative estimate of drug-likeness (QED) is 0.868. The van der Waals surface area contributed by atoms with E-state index < -0.39 is 0 Å². The molecule has 0 bridgehead atoms. The van der Waals surface area contributed by atoms with E-state index in [-0.39, 0.29) is 11.2 Å². The lowest BCUT2D eigenvalue weighted by atomic mass is 9.82. The fraction of sp³-hybridized carbons (Fsp3) is 0.667. The van der Waals surface area contributed by atoms with Crippen molar-refractivity contribution in [3.63, 3.8) is 0 Å². The Kier molecular flexibility index (Phi) is 4.95. The Balaban J connectivity index is 2.05. The van der Waals surface area contributed by atoms with Gasteiger partial charge in [0.25, 0.3) is 0 Å². The van der Waals surface area contributed by atoms with Crippen molar-refractivity contribution < 1.29 is 9.47 Å². The van der Waals surface area contributed by atoms with Crippen LogP contribution in [0.3, 0.4) is 0 Å². The van der Waals surface area contributed by atoms with Gasteiger partial charge in [-0.2, -0.15) is 0 Å². The van der Waals surface area contributed by atoms with Crippen molar-refractivity contribution in [2.45, 2.75) is 58.3 Å². The summed E-state index contributed by atoms with van der Waals surface area (Å²) in [6.45, 7) is 12.5. The molecule has 2 rings (SSSR count). The summed E-state index contributed by atoms with van der Waals surface area (Å²) in [6, 6.07) is 10.3. The highest BCUT2D eigenvalue weighted by molar-refractivity contribution is 5.21. The maximum absolute atomic E-state index is 6.23. The van der Waals surface area contributed by atoms with Crippen molar-refractivity contribution in [3.8, 4) is 5.75 Å². The van der Waals surface area contributed by atoms with Gasteiger partial charge in [-0.1, -0.05) is 25.1 Å². The van der Waals surface area contributed by atoms with Gasteiger partial charge in [0.05, 0.1) is 11.2 Å². The van der Waals surface area contributed by atoms with Gasteiger partial charge < -0.3 is 14.8 Å². The van der Waals surface area contributed by atoms with E-state index in [1.54, 1.807) is 0 Å². The monoisotopic (exact) mass is 291 g/mol. The molecule has 21 heavy (non-hydrogen) atoms. The van der Waals surface area contributed by atoms with Crippen molar-refractivity contribution in [1.82, 2.24) is 5.32 Å². The van der Waals surface area contributed by atoms with Crippen LogP contribution in [-0.2, 0) is 4.74 Å². The maximum atomic E-state index is 6.23. The van der Waals surface area contributed by atoms with E-state index in [1.165, 1.54) is 0 Å². The SMILES string of the molecule is CCNC(COc1ccccc1)C1CC(C)(C)OC1(C)C. The Morgan fingerprint density at radius 2 is 1.90 bits per heavy atom. The predicted molar refractivity (Wildman–Crippen MR) is 86.8 cm³/mol. The van der Waals surface area contributed by atoms with E-state index in [9.17, 15) is 0 Å². The van der Waals surface area contributed by atoms with Crippen molar-refractivity contribution in [1.29, 1.82) is 0 Å². The van der Waals surface area contributed by atoms with E-state index in [1.807, 2.05) is 30.3 Å². The van der Waals surface area contributed by atoms with E-state index in [0.717, 1.165) is 18.7 Å². The Hall–Kier alpha value is -1.06. The van der Waals surface area contributed by atoms with Crippen LogP contribution in [0.5, 0.6) is 5.75 Å². The first-order chi connectivity index (χ1) is 9.84. The second-order valence-electron chi connectivity index (χ2n) is 7.06. The second-order valence-corrected chi connectivity index (χ2v) is 7.06. The standard InChI is InChI=1S/C18H29NO2/c1-6-19-16(13-20-14-10-8-7-9-11-14)15-12-17(2,3)21-18(15,4)5/h7-11,15-16,19H,6,12-13H2,1-5H3. The van der Waals surface area contributed by atoms with E-state index >= 15 is 0 Å². The topological polar surface area (TPSA) is 30.5 Å². The minimum atomic E-state index is -0.129. The molecule has 0 spiro atoms. The summed E-state index contributed by atoms with van der Waals surface area (Å²) in [5.74, 6) is 1.37. The van der Waals surface area contributed by atoms with Crippen molar-refractivity contribution in [2.75, 3.05) is 13.2 Å².